The van der Waals surface area contributed by atoms with Crippen molar-refractivity contribution in [3.05, 3.63) is 50.3 Å². The van der Waals surface area contributed by atoms with Crippen molar-refractivity contribution in [2.24, 2.45) is 0 Å². The molecule has 5 nitrogen and oxygen atoms in total. The molecule has 2 heterocycles. The fourth-order valence-electron chi connectivity index (χ4n) is 1.91. The summed E-state index contributed by atoms with van der Waals surface area (Å²) >= 11 is 11.4. The molecule has 0 fully saturated rings. The number of hydrogen-bond donors (Lipinski definition) is 1. The van der Waals surface area contributed by atoms with E-state index >= 15 is 0 Å². The molecule has 0 spiro atoms. The van der Waals surface area contributed by atoms with Crippen LogP contribution < -0.4 is 5.32 Å². The third kappa shape index (κ3) is 3.25. The number of benzene rings is 1. The molecule has 1 unspecified atom stereocenters. The Morgan fingerprint density at radius 2 is 2.24 bits per heavy atom. The molecule has 21 heavy (non-hydrogen) atoms. The second kappa shape index (κ2) is 6.13. The maximum atomic E-state index is 6.27. The number of thiophene rings is 1. The van der Waals surface area contributed by atoms with E-state index in [9.17, 15) is 0 Å². The van der Waals surface area contributed by atoms with Gasteiger partial charge in [-0.2, -0.15) is 0 Å². The van der Waals surface area contributed by atoms with Crippen molar-refractivity contribution in [3.8, 4) is 5.69 Å². The summed E-state index contributed by atoms with van der Waals surface area (Å²) in [4.78, 5) is 1.23. The molecule has 3 rings (SSSR count). The lowest BCUT2D eigenvalue weighted by atomic mass is 10.2. The summed E-state index contributed by atoms with van der Waals surface area (Å²) in [6.07, 6.45) is 1.55. The smallest absolute Gasteiger partial charge is 0.143 e. The highest BCUT2D eigenvalue weighted by Gasteiger charge is 2.11. The van der Waals surface area contributed by atoms with Crippen LogP contribution in [0.15, 0.2) is 40.4 Å². The molecule has 0 aliphatic carbocycles. The maximum Gasteiger partial charge on any atom is 0.143 e. The zero-order valence-electron chi connectivity index (χ0n) is 11.0. The number of nitrogens with zero attached hydrogens (tertiary/aromatic N) is 4. The molecule has 0 amide bonds. The second-order valence-corrected chi connectivity index (χ2v) is 6.72. The second-order valence-electron chi connectivity index (χ2n) is 4.45. The standard InChI is InChI=1S/C13H11BrClN5S/c1-8(13-4-9(14)6-21-13)17-12-5-10(2-3-11(12)15)20-7-16-18-19-20/h2-8,17H,1H3. The predicted molar refractivity (Wildman–Crippen MR) is 88.2 cm³/mol. The number of hydrogen-bond acceptors (Lipinski definition) is 5. The highest BCUT2D eigenvalue weighted by atomic mass is 79.9. The Kier molecular flexibility index (Phi) is 4.23. The molecule has 0 saturated heterocycles. The van der Waals surface area contributed by atoms with Gasteiger partial charge in [0.25, 0.3) is 0 Å². The van der Waals surface area contributed by atoms with E-state index < -0.39 is 0 Å². The van der Waals surface area contributed by atoms with Crippen molar-refractivity contribution >= 4 is 44.6 Å². The first-order valence-corrected chi connectivity index (χ1v) is 8.22. The Morgan fingerprint density at radius 3 is 2.90 bits per heavy atom. The van der Waals surface area contributed by atoms with Crippen LogP contribution in [0.25, 0.3) is 5.69 Å². The minimum Gasteiger partial charge on any atom is -0.376 e. The van der Waals surface area contributed by atoms with Crippen LogP contribution in [-0.2, 0) is 0 Å². The Balaban J connectivity index is 1.86. The van der Waals surface area contributed by atoms with Crippen molar-refractivity contribution in [2.75, 3.05) is 5.32 Å². The zero-order valence-corrected chi connectivity index (χ0v) is 14.2. The third-order valence-electron chi connectivity index (χ3n) is 2.95. The Morgan fingerprint density at radius 1 is 1.38 bits per heavy atom. The van der Waals surface area contributed by atoms with Gasteiger partial charge in [0.2, 0.25) is 0 Å². The summed E-state index contributed by atoms with van der Waals surface area (Å²) in [5.41, 5.74) is 1.70. The number of tetrazole rings is 1. The fourth-order valence-corrected chi connectivity index (χ4v) is 3.53. The summed E-state index contributed by atoms with van der Waals surface area (Å²) in [5, 5.41) is 17.3. The minimum absolute atomic E-state index is 0.155. The fraction of sp³-hybridized carbons (Fsp3) is 0.154. The van der Waals surface area contributed by atoms with Gasteiger partial charge in [-0.1, -0.05) is 11.6 Å². The van der Waals surface area contributed by atoms with Gasteiger partial charge in [-0.25, -0.2) is 4.68 Å². The van der Waals surface area contributed by atoms with Crippen LogP contribution in [0.3, 0.4) is 0 Å². The van der Waals surface area contributed by atoms with Gasteiger partial charge in [-0.05, 0) is 57.5 Å². The highest BCUT2D eigenvalue weighted by molar-refractivity contribution is 9.10. The van der Waals surface area contributed by atoms with E-state index in [0.29, 0.717) is 5.02 Å². The SMILES string of the molecule is CC(Nc1cc(-n2cnnn2)ccc1Cl)c1cc(Br)cs1. The molecule has 0 aliphatic heterocycles. The number of anilines is 1. The Labute approximate surface area is 139 Å². The van der Waals surface area contributed by atoms with E-state index in [-0.39, 0.29) is 6.04 Å². The normalized spacial score (nSPS) is 12.3. The molecule has 1 N–H and O–H groups in total. The molecule has 1 aromatic carbocycles. The lowest BCUT2D eigenvalue weighted by molar-refractivity contribution is 0.788. The lowest BCUT2D eigenvalue weighted by Crippen LogP contribution is -2.06. The summed E-state index contributed by atoms with van der Waals surface area (Å²) < 4.78 is 2.68. The van der Waals surface area contributed by atoms with Crippen molar-refractivity contribution in [2.45, 2.75) is 13.0 Å². The largest absolute Gasteiger partial charge is 0.376 e. The number of aromatic nitrogens is 4. The molecule has 0 bridgehead atoms. The molecule has 8 heteroatoms. The third-order valence-corrected chi connectivity index (χ3v) is 5.16. The molecular formula is C13H11BrClN5S. The molecule has 3 aromatic rings. The van der Waals surface area contributed by atoms with E-state index in [2.05, 4.69) is 55.1 Å². The number of rotatable bonds is 4. The van der Waals surface area contributed by atoms with Gasteiger partial charge in [0.15, 0.2) is 0 Å². The molecule has 108 valence electrons. The minimum atomic E-state index is 0.155. The summed E-state index contributed by atoms with van der Waals surface area (Å²) in [7, 11) is 0. The summed E-state index contributed by atoms with van der Waals surface area (Å²) in [6.45, 7) is 2.10. The van der Waals surface area contributed by atoms with Crippen molar-refractivity contribution < 1.29 is 0 Å². The van der Waals surface area contributed by atoms with E-state index in [4.69, 9.17) is 11.6 Å². The Hall–Kier alpha value is -1.44. The molecule has 2 aromatic heterocycles. The van der Waals surface area contributed by atoms with Crippen LogP contribution in [0, 0.1) is 0 Å². The molecular weight excluding hydrogens is 374 g/mol. The number of nitrogens with one attached hydrogen (secondary N) is 1. The monoisotopic (exact) mass is 383 g/mol. The maximum absolute atomic E-state index is 6.27. The van der Waals surface area contributed by atoms with Crippen LogP contribution in [0.1, 0.15) is 17.8 Å². The van der Waals surface area contributed by atoms with Gasteiger partial charge in [-0.15, -0.1) is 16.4 Å². The summed E-state index contributed by atoms with van der Waals surface area (Å²) in [6, 6.07) is 7.89. The average molecular weight is 385 g/mol. The predicted octanol–water partition coefficient (Wildman–Crippen LogP) is 4.31. The van der Waals surface area contributed by atoms with Crippen LogP contribution >= 0.6 is 38.9 Å². The first kappa shape index (κ1) is 14.5. The van der Waals surface area contributed by atoms with E-state index in [1.165, 1.54) is 4.88 Å². The van der Waals surface area contributed by atoms with Crippen LogP contribution in [0.4, 0.5) is 5.69 Å². The van der Waals surface area contributed by atoms with Crippen molar-refractivity contribution in [1.29, 1.82) is 0 Å². The molecule has 0 aliphatic rings. The van der Waals surface area contributed by atoms with Crippen molar-refractivity contribution in [3.63, 3.8) is 0 Å². The van der Waals surface area contributed by atoms with Gasteiger partial charge >= 0.3 is 0 Å². The first-order valence-electron chi connectivity index (χ1n) is 6.17. The summed E-state index contributed by atoms with van der Waals surface area (Å²) in [5.74, 6) is 0. The van der Waals surface area contributed by atoms with Crippen LogP contribution in [-0.4, -0.2) is 20.2 Å². The van der Waals surface area contributed by atoms with Crippen molar-refractivity contribution in [1.82, 2.24) is 20.2 Å². The Bertz CT molecular complexity index is 743. The molecule has 0 radical (unpaired) electrons. The van der Waals surface area contributed by atoms with Crippen LogP contribution in [0.2, 0.25) is 5.02 Å². The molecule has 0 saturated carbocycles. The zero-order chi connectivity index (χ0) is 14.8. The highest BCUT2D eigenvalue weighted by Crippen LogP contribution is 2.31. The quantitative estimate of drug-likeness (QED) is 0.728. The van der Waals surface area contributed by atoms with E-state index in [0.717, 1.165) is 15.8 Å². The van der Waals surface area contributed by atoms with Gasteiger partial charge in [0.1, 0.15) is 6.33 Å². The number of halogens is 2. The van der Waals surface area contributed by atoms with E-state index in [1.807, 2.05) is 18.2 Å². The average Bonchev–Trinajstić information content (AvgIpc) is 3.12. The van der Waals surface area contributed by atoms with Gasteiger partial charge in [0, 0.05) is 14.7 Å². The van der Waals surface area contributed by atoms with Gasteiger partial charge in [0.05, 0.1) is 22.4 Å². The van der Waals surface area contributed by atoms with Gasteiger partial charge < -0.3 is 5.32 Å². The van der Waals surface area contributed by atoms with E-state index in [1.54, 1.807) is 22.3 Å². The molecule has 1 atom stereocenters. The topological polar surface area (TPSA) is 55.6 Å². The van der Waals surface area contributed by atoms with Gasteiger partial charge in [-0.3, -0.25) is 0 Å². The van der Waals surface area contributed by atoms with Crippen LogP contribution in [0.5, 0.6) is 0 Å². The first-order chi connectivity index (χ1) is 10.1. The lowest BCUT2D eigenvalue weighted by Gasteiger charge is -2.15.